The van der Waals surface area contributed by atoms with Crippen molar-refractivity contribution in [2.45, 2.75) is 64.6 Å². The lowest BCUT2D eigenvalue weighted by molar-refractivity contribution is -0.118. The van der Waals surface area contributed by atoms with Crippen LogP contribution in [-0.4, -0.2) is 27.8 Å². The van der Waals surface area contributed by atoms with Crippen LogP contribution in [0.25, 0.3) is 10.2 Å². The van der Waals surface area contributed by atoms with E-state index >= 15 is 0 Å². The van der Waals surface area contributed by atoms with Gasteiger partial charge in [0.15, 0.2) is 5.16 Å². The standard InChI is InChI=1S/C19H27N3O2S2/c1-4-20-15(23)11-25-19-21-17-16(13-7-5-6-8-14(13)26-17)18(24)22(19)10-9-12(2)3/h12H,4-11H2,1-3H3,(H,20,23). The van der Waals surface area contributed by atoms with E-state index in [9.17, 15) is 9.59 Å². The van der Waals surface area contributed by atoms with Crippen molar-refractivity contribution in [3.63, 3.8) is 0 Å². The number of aromatic nitrogens is 2. The van der Waals surface area contributed by atoms with Gasteiger partial charge in [0.1, 0.15) is 4.83 Å². The molecule has 0 aromatic carbocycles. The van der Waals surface area contributed by atoms with Gasteiger partial charge in [0.2, 0.25) is 5.91 Å². The number of thioether (sulfide) groups is 1. The third kappa shape index (κ3) is 4.14. The molecule has 1 N–H and O–H groups in total. The quantitative estimate of drug-likeness (QED) is 0.576. The van der Waals surface area contributed by atoms with Crippen molar-refractivity contribution >= 4 is 39.2 Å². The van der Waals surface area contributed by atoms with Crippen LogP contribution in [0.5, 0.6) is 0 Å². The van der Waals surface area contributed by atoms with Crippen LogP contribution in [0.4, 0.5) is 0 Å². The van der Waals surface area contributed by atoms with E-state index in [1.54, 1.807) is 15.9 Å². The number of fused-ring (bicyclic) bond motifs is 3. The van der Waals surface area contributed by atoms with Crippen molar-refractivity contribution in [1.29, 1.82) is 0 Å². The van der Waals surface area contributed by atoms with Crippen LogP contribution in [-0.2, 0) is 24.2 Å². The molecular formula is C19H27N3O2S2. The molecule has 0 saturated carbocycles. The highest BCUT2D eigenvalue weighted by Gasteiger charge is 2.22. The molecule has 26 heavy (non-hydrogen) atoms. The molecule has 2 aromatic rings. The normalized spacial score (nSPS) is 14.0. The van der Waals surface area contributed by atoms with E-state index in [4.69, 9.17) is 4.98 Å². The van der Waals surface area contributed by atoms with Gasteiger partial charge < -0.3 is 5.32 Å². The number of rotatable bonds is 7. The lowest BCUT2D eigenvalue weighted by Gasteiger charge is -2.14. The number of nitrogens with zero attached hydrogens (tertiary/aromatic N) is 2. The third-order valence-electron chi connectivity index (χ3n) is 4.68. The van der Waals surface area contributed by atoms with Crippen LogP contribution < -0.4 is 10.9 Å². The number of amides is 1. The third-order valence-corrected chi connectivity index (χ3v) is 6.84. The Morgan fingerprint density at radius 3 is 2.85 bits per heavy atom. The molecule has 7 heteroatoms. The van der Waals surface area contributed by atoms with Crippen LogP contribution in [0.1, 0.15) is 50.5 Å². The van der Waals surface area contributed by atoms with Crippen LogP contribution in [0.3, 0.4) is 0 Å². The summed E-state index contributed by atoms with van der Waals surface area (Å²) in [6.07, 6.45) is 5.32. The molecule has 2 heterocycles. The second-order valence-corrected chi connectivity index (χ2v) is 9.19. The molecule has 0 saturated heterocycles. The topological polar surface area (TPSA) is 64.0 Å². The van der Waals surface area contributed by atoms with Crippen LogP contribution in [0.15, 0.2) is 9.95 Å². The summed E-state index contributed by atoms with van der Waals surface area (Å²) in [5.41, 5.74) is 1.31. The maximum absolute atomic E-state index is 13.3. The highest BCUT2D eigenvalue weighted by Crippen LogP contribution is 2.34. The lowest BCUT2D eigenvalue weighted by atomic mass is 9.97. The fourth-order valence-corrected chi connectivity index (χ4v) is 5.45. The number of hydrogen-bond donors (Lipinski definition) is 1. The minimum Gasteiger partial charge on any atom is -0.356 e. The Morgan fingerprint density at radius 1 is 1.35 bits per heavy atom. The van der Waals surface area contributed by atoms with Gasteiger partial charge in [0.05, 0.1) is 11.1 Å². The molecule has 3 rings (SSSR count). The summed E-state index contributed by atoms with van der Waals surface area (Å²) in [4.78, 5) is 32.1. The smallest absolute Gasteiger partial charge is 0.263 e. The van der Waals surface area contributed by atoms with Gasteiger partial charge in [-0.25, -0.2) is 4.98 Å². The fourth-order valence-electron chi connectivity index (χ4n) is 3.29. The number of carbonyl (C=O) groups excluding carboxylic acids is 1. The van der Waals surface area contributed by atoms with E-state index in [0.717, 1.165) is 35.9 Å². The van der Waals surface area contributed by atoms with E-state index in [1.165, 1.54) is 28.6 Å². The summed E-state index contributed by atoms with van der Waals surface area (Å²) in [6, 6.07) is 0. The molecule has 1 aliphatic carbocycles. The van der Waals surface area contributed by atoms with Gasteiger partial charge in [-0.05, 0) is 50.5 Å². The molecule has 0 bridgehead atoms. The molecule has 0 radical (unpaired) electrons. The maximum atomic E-state index is 13.3. The average Bonchev–Trinajstić information content (AvgIpc) is 2.97. The summed E-state index contributed by atoms with van der Waals surface area (Å²) in [5.74, 6) is 0.779. The molecule has 1 amide bonds. The zero-order valence-electron chi connectivity index (χ0n) is 15.8. The van der Waals surface area contributed by atoms with Gasteiger partial charge in [0.25, 0.3) is 5.56 Å². The SMILES string of the molecule is CCNC(=O)CSc1nc2sc3c(c2c(=O)n1CCC(C)C)CCCC3. The Labute approximate surface area is 162 Å². The van der Waals surface area contributed by atoms with Crippen LogP contribution in [0.2, 0.25) is 0 Å². The predicted molar refractivity (Wildman–Crippen MR) is 109 cm³/mol. The van der Waals surface area contributed by atoms with E-state index in [2.05, 4.69) is 19.2 Å². The second kappa shape index (κ2) is 8.57. The molecule has 2 aromatic heterocycles. The zero-order valence-corrected chi connectivity index (χ0v) is 17.4. The first-order valence-corrected chi connectivity index (χ1v) is 11.3. The van der Waals surface area contributed by atoms with Gasteiger partial charge in [-0.3, -0.25) is 14.2 Å². The summed E-state index contributed by atoms with van der Waals surface area (Å²) in [5, 5.41) is 4.31. The number of aryl methyl sites for hydroxylation is 2. The Bertz CT molecular complexity index is 855. The highest BCUT2D eigenvalue weighted by atomic mass is 32.2. The molecule has 0 atom stereocenters. The monoisotopic (exact) mass is 393 g/mol. The lowest BCUT2D eigenvalue weighted by Crippen LogP contribution is -2.27. The van der Waals surface area contributed by atoms with Crippen molar-refractivity contribution in [3.8, 4) is 0 Å². The first-order valence-electron chi connectivity index (χ1n) is 9.45. The van der Waals surface area contributed by atoms with E-state index in [1.807, 2.05) is 6.92 Å². The molecule has 0 spiro atoms. The molecule has 0 fully saturated rings. The Kier molecular flexibility index (Phi) is 6.40. The number of hydrogen-bond acceptors (Lipinski definition) is 5. The number of nitrogens with one attached hydrogen (secondary N) is 1. The van der Waals surface area contributed by atoms with Crippen LogP contribution >= 0.6 is 23.1 Å². The van der Waals surface area contributed by atoms with Gasteiger partial charge >= 0.3 is 0 Å². The molecular weight excluding hydrogens is 366 g/mol. The average molecular weight is 394 g/mol. The van der Waals surface area contributed by atoms with Gasteiger partial charge in [-0.1, -0.05) is 25.6 Å². The molecule has 0 unspecified atom stereocenters. The second-order valence-electron chi connectivity index (χ2n) is 7.17. The van der Waals surface area contributed by atoms with Gasteiger partial charge in [-0.2, -0.15) is 0 Å². The number of thiophene rings is 1. The zero-order chi connectivity index (χ0) is 18.7. The molecule has 142 valence electrons. The van der Waals surface area contributed by atoms with Crippen molar-refractivity contribution in [2.24, 2.45) is 5.92 Å². The van der Waals surface area contributed by atoms with Gasteiger partial charge in [-0.15, -0.1) is 11.3 Å². The first-order chi connectivity index (χ1) is 12.5. The minimum atomic E-state index is -0.0206. The van der Waals surface area contributed by atoms with E-state index in [-0.39, 0.29) is 11.5 Å². The van der Waals surface area contributed by atoms with Crippen LogP contribution in [0, 0.1) is 5.92 Å². The summed E-state index contributed by atoms with van der Waals surface area (Å²) >= 11 is 3.04. The van der Waals surface area contributed by atoms with Crippen molar-refractivity contribution < 1.29 is 4.79 Å². The van der Waals surface area contributed by atoms with Crippen molar-refractivity contribution in [1.82, 2.24) is 14.9 Å². The summed E-state index contributed by atoms with van der Waals surface area (Å²) in [6.45, 7) is 7.49. The Balaban J connectivity index is 2.01. The Morgan fingerprint density at radius 2 is 2.12 bits per heavy atom. The molecule has 1 aliphatic rings. The van der Waals surface area contributed by atoms with E-state index in [0.29, 0.717) is 29.9 Å². The highest BCUT2D eigenvalue weighted by molar-refractivity contribution is 7.99. The predicted octanol–water partition coefficient (Wildman–Crippen LogP) is 3.61. The summed E-state index contributed by atoms with van der Waals surface area (Å²) < 4.78 is 1.80. The fraction of sp³-hybridized carbons (Fsp3) is 0.632. The van der Waals surface area contributed by atoms with Gasteiger partial charge in [0, 0.05) is 18.0 Å². The molecule has 5 nitrogen and oxygen atoms in total. The largest absolute Gasteiger partial charge is 0.356 e. The minimum absolute atomic E-state index is 0.0206. The maximum Gasteiger partial charge on any atom is 0.263 e. The Hall–Kier alpha value is -1.34. The summed E-state index contributed by atoms with van der Waals surface area (Å²) in [7, 11) is 0. The number of carbonyl (C=O) groups is 1. The molecule has 0 aliphatic heterocycles. The van der Waals surface area contributed by atoms with Crippen molar-refractivity contribution in [2.75, 3.05) is 12.3 Å². The van der Waals surface area contributed by atoms with Crippen molar-refractivity contribution in [3.05, 3.63) is 20.8 Å². The first kappa shape index (κ1) is 19.4. The van der Waals surface area contributed by atoms with E-state index < -0.39 is 0 Å².